The van der Waals surface area contributed by atoms with E-state index in [0.29, 0.717) is 0 Å². The predicted molar refractivity (Wildman–Crippen MR) is 99.8 cm³/mol. The first kappa shape index (κ1) is 14.0. The first-order valence-corrected chi connectivity index (χ1v) is 8.04. The molecule has 0 N–H and O–H groups in total. The monoisotopic (exact) mass is 314 g/mol. The van der Waals surface area contributed by atoms with Crippen molar-refractivity contribution in [1.29, 1.82) is 0 Å². The van der Waals surface area contributed by atoms with Crippen LogP contribution in [0.5, 0.6) is 0 Å². The molecule has 0 unspecified atom stereocenters. The van der Waals surface area contributed by atoms with Crippen LogP contribution in [0.1, 0.15) is 0 Å². The molecular weight excluding hydrogens is 300 g/mol. The van der Waals surface area contributed by atoms with Crippen LogP contribution < -0.4 is 0 Å². The average molecular weight is 315 g/mol. The molecule has 4 aromatic carbocycles. The Labute approximate surface area is 141 Å². The number of fused-ring (bicyclic) bond motifs is 1. The van der Waals surface area contributed by atoms with E-state index in [1.54, 1.807) is 0 Å². The van der Waals surface area contributed by atoms with Gasteiger partial charge in [-0.1, -0.05) is 96.5 Å². The fraction of sp³-hybridized carbons (Fsp3) is 0. The van der Waals surface area contributed by atoms with Crippen LogP contribution in [0, 0.1) is 0 Å². The van der Waals surface area contributed by atoms with E-state index in [9.17, 15) is 0 Å². The zero-order valence-electron chi connectivity index (χ0n) is 12.5. The molecule has 0 heterocycles. The fourth-order valence-corrected chi connectivity index (χ4v) is 3.27. The maximum atomic E-state index is 6.49. The predicted octanol–water partition coefficient (Wildman–Crippen LogP) is 6.83. The molecule has 0 saturated carbocycles. The van der Waals surface area contributed by atoms with E-state index in [1.807, 2.05) is 12.1 Å². The zero-order chi connectivity index (χ0) is 15.6. The fourth-order valence-electron chi connectivity index (χ4n) is 3.00. The molecule has 0 saturated heterocycles. The Bertz CT molecular complexity index is 954. The first-order chi connectivity index (χ1) is 11.3. The first-order valence-electron chi connectivity index (χ1n) is 7.66. The Kier molecular flexibility index (Phi) is 3.61. The number of hydrogen-bond acceptors (Lipinski definition) is 0. The van der Waals surface area contributed by atoms with Crippen molar-refractivity contribution in [2.45, 2.75) is 0 Å². The van der Waals surface area contributed by atoms with Crippen LogP contribution in [0.15, 0.2) is 91.0 Å². The van der Waals surface area contributed by atoms with Crippen molar-refractivity contribution < 1.29 is 0 Å². The lowest BCUT2D eigenvalue weighted by molar-refractivity contribution is 1.60. The van der Waals surface area contributed by atoms with Crippen molar-refractivity contribution in [1.82, 2.24) is 0 Å². The van der Waals surface area contributed by atoms with Gasteiger partial charge < -0.3 is 0 Å². The molecule has 4 aromatic rings. The SMILES string of the molecule is Clc1ccc2ccccc2c1-c1ccc(-c2ccccc2)cc1. The Morgan fingerprint density at radius 1 is 0.478 bits per heavy atom. The van der Waals surface area contributed by atoms with Gasteiger partial charge in [-0.25, -0.2) is 0 Å². The summed E-state index contributed by atoms with van der Waals surface area (Å²) in [5.74, 6) is 0. The van der Waals surface area contributed by atoms with Gasteiger partial charge in [-0.3, -0.25) is 0 Å². The lowest BCUT2D eigenvalue weighted by Crippen LogP contribution is -1.84. The third-order valence-electron chi connectivity index (χ3n) is 4.16. The van der Waals surface area contributed by atoms with Crippen LogP contribution in [0.2, 0.25) is 5.02 Å². The van der Waals surface area contributed by atoms with E-state index in [4.69, 9.17) is 11.6 Å². The summed E-state index contributed by atoms with van der Waals surface area (Å²) >= 11 is 6.49. The van der Waals surface area contributed by atoms with Gasteiger partial charge in [0.1, 0.15) is 0 Å². The molecule has 1 heteroatoms. The van der Waals surface area contributed by atoms with E-state index >= 15 is 0 Å². The van der Waals surface area contributed by atoms with Crippen molar-refractivity contribution >= 4 is 22.4 Å². The quantitative estimate of drug-likeness (QED) is 0.380. The molecule has 0 aliphatic heterocycles. The number of halogens is 1. The molecular formula is C22H15Cl. The second-order valence-electron chi connectivity index (χ2n) is 5.59. The molecule has 0 radical (unpaired) electrons. The summed E-state index contributed by atoms with van der Waals surface area (Å²) in [5, 5.41) is 3.18. The van der Waals surface area contributed by atoms with Crippen LogP contribution in [0.25, 0.3) is 33.0 Å². The summed E-state index contributed by atoms with van der Waals surface area (Å²) in [4.78, 5) is 0. The highest BCUT2D eigenvalue weighted by Gasteiger charge is 2.08. The Balaban J connectivity index is 1.84. The molecule has 0 aromatic heterocycles. The van der Waals surface area contributed by atoms with Gasteiger partial charge in [0, 0.05) is 10.6 Å². The minimum absolute atomic E-state index is 0.788. The highest BCUT2D eigenvalue weighted by molar-refractivity contribution is 6.35. The Morgan fingerprint density at radius 3 is 1.87 bits per heavy atom. The maximum Gasteiger partial charge on any atom is 0.0490 e. The van der Waals surface area contributed by atoms with Crippen molar-refractivity contribution in [2.24, 2.45) is 0 Å². The van der Waals surface area contributed by atoms with Crippen molar-refractivity contribution in [3.05, 3.63) is 96.0 Å². The Morgan fingerprint density at radius 2 is 1.09 bits per heavy atom. The van der Waals surface area contributed by atoms with Crippen LogP contribution >= 0.6 is 11.6 Å². The molecule has 0 fully saturated rings. The second kappa shape index (κ2) is 5.91. The summed E-state index contributed by atoms with van der Waals surface area (Å²) in [6.07, 6.45) is 0. The zero-order valence-corrected chi connectivity index (χ0v) is 13.3. The molecule has 0 bridgehead atoms. The van der Waals surface area contributed by atoms with Crippen LogP contribution in [0.4, 0.5) is 0 Å². The smallest absolute Gasteiger partial charge is 0.0490 e. The van der Waals surface area contributed by atoms with E-state index in [2.05, 4.69) is 78.9 Å². The molecule has 0 spiro atoms. The molecule has 110 valence electrons. The topological polar surface area (TPSA) is 0 Å². The standard InChI is InChI=1S/C22H15Cl/c23-21-15-14-18-8-4-5-9-20(18)22(21)19-12-10-17(11-13-19)16-6-2-1-3-7-16/h1-15H. The molecule has 0 aliphatic carbocycles. The highest BCUT2D eigenvalue weighted by atomic mass is 35.5. The lowest BCUT2D eigenvalue weighted by Gasteiger charge is -2.10. The van der Waals surface area contributed by atoms with Gasteiger partial charge in [-0.05, 0) is 33.5 Å². The van der Waals surface area contributed by atoms with Gasteiger partial charge >= 0.3 is 0 Å². The summed E-state index contributed by atoms with van der Waals surface area (Å²) < 4.78 is 0. The summed E-state index contributed by atoms with van der Waals surface area (Å²) in [7, 11) is 0. The number of rotatable bonds is 2. The summed E-state index contributed by atoms with van der Waals surface area (Å²) in [5.41, 5.74) is 4.68. The van der Waals surface area contributed by atoms with Gasteiger partial charge in [0.05, 0.1) is 0 Å². The highest BCUT2D eigenvalue weighted by Crippen LogP contribution is 2.36. The average Bonchev–Trinajstić information content (AvgIpc) is 2.63. The third-order valence-corrected chi connectivity index (χ3v) is 4.47. The van der Waals surface area contributed by atoms with Crippen molar-refractivity contribution in [3.8, 4) is 22.3 Å². The molecule has 0 nitrogen and oxygen atoms in total. The van der Waals surface area contributed by atoms with E-state index in [1.165, 1.54) is 21.9 Å². The second-order valence-corrected chi connectivity index (χ2v) is 5.99. The number of benzene rings is 4. The molecule has 0 aliphatic rings. The summed E-state index contributed by atoms with van der Waals surface area (Å²) in [6.45, 7) is 0. The minimum Gasteiger partial charge on any atom is -0.0836 e. The molecule has 0 amide bonds. The van der Waals surface area contributed by atoms with Gasteiger partial charge in [-0.2, -0.15) is 0 Å². The summed E-state index contributed by atoms with van der Waals surface area (Å²) in [6, 6.07) is 31.4. The van der Waals surface area contributed by atoms with Gasteiger partial charge in [0.15, 0.2) is 0 Å². The van der Waals surface area contributed by atoms with E-state index < -0.39 is 0 Å². The van der Waals surface area contributed by atoms with Crippen LogP contribution in [-0.4, -0.2) is 0 Å². The van der Waals surface area contributed by atoms with E-state index in [0.717, 1.165) is 16.1 Å². The molecule has 0 atom stereocenters. The van der Waals surface area contributed by atoms with Gasteiger partial charge in [-0.15, -0.1) is 0 Å². The van der Waals surface area contributed by atoms with Crippen LogP contribution in [0.3, 0.4) is 0 Å². The molecule has 4 rings (SSSR count). The maximum absolute atomic E-state index is 6.49. The van der Waals surface area contributed by atoms with Gasteiger partial charge in [0.25, 0.3) is 0 Å². The largest absolute Gasteiger partial charge is 0.0836 e. The van der Waals surface area contributed by atoms with E-state index in [-0.39, 0.29) is 0 Å². The third kappa shape index (κ3) is 2.62. The lowest BCUT2D eigenvalue weighted by atomic mass is 9.96. The van der Waals surface area contributed by atoms with Crippen LogP contribution in [-0.2, 0) is 0 Å². The normalized spacial score (nSPS) is 10.8. The van der Waals surface area contributed by atoms with Gasteiger partial charge in [0.2, 0.25) is 0 Å². The van der Waals surface area contributed by atoms with Crippen molar-refractivity contribution in [3.63, 3.8) is 0 Å². The number of hydrogen-bond donors (Lipinski definition) is 0. The van der Waals surface area contributed by atoms with Crippen molar-refractivity contribution in [2.75, 3.05) is 0 Å². The Hall–Kier alpha value is -2.57. The molecule has 23 heavy (non-hydrogen) atoms. The minimum atomic E-state index is 0.788.